The molecule has 1 fully saturated rings. The molecule has 3 nitrogen and oxygen atoms in total. The zero-order valence-electron chi connectivity index (χ0n) is 12.4. The predicted molar refractivity (Wildman–Crippen MR) is 81.9 cm³/mol. The maximum Gasteiger partial charge on any atom is 0.0314 e. The number of hydrogen-bond donors (Lipinski definition) is 2. The van der Waals surface area contributed by atoms with Crippen molar-refractivity contribution in [3.05, 3.63) is 29.8 Å². The van der Waals surface area contributed by atoms with Crippen LogP contribution in [0.2, 0.25) is 0 Å². The first kappa shape index (κ1) is 14.4. The van der Waals surface area contributed by atoms with Gasteiger partial charge in [-0.2, -0.15) is 0 Å². The minimum atomic E-state index is 0.360. The van der Waals surface area contributed by atoms with E-state index in [4.69, 9.17) is 5.73 Å². The Bertz CT molecular complexity index is 397. The van der Waals surface area contributed by atoms with E-state index in [0.29, 0.717) is 5.41 Å². The fraction of sp³-hybridized carbons (Fsp3) is 0.625. The van der Waals surface area contributed by atoms with Crippen LogP contribution in [-0.2, 0) is 6.54 Å². The summed E-state index contributed by atoms with van der Waals surface area (Å²) in [5.41, 5.74) is 8.19. The molecule has 1 aromatic rings. The maximum atomic E-state index is 5.70. The Morgan fingerprint density at radius 2 is 2.00 bits per heavy atom. The third-order valence-corrected chi connectivity index (χ3v) is 4.39. The summed E-state index contributed by atoms with van der Waals surface area (Å²) in [5, 5.41) is 3.59. The molecule has 1 atom stereocenters. The van der Waals surface area contributed by atoms with Crippen molar-refractivity contribution < 1.29 is 0 Å². The van der Waals surface area contributed by atoms with Crippen LogP contribution < -0.4 is 11.1 Å². The largest absolute Gasteiger partial charge is 0.399 e. The number of nitrogens with two attached hydrogens (primary N) is 1. The van der Waals surface area contributed by atoms with E-state index in [1.807, 2.05) is 12.1 Å². The van der Waals surface area contributed by atoms with E-state index in [0.717, 1.165) is 24.7 Å². The quantitative estimate of drug-likeness (QED) is 0.799. The van der Waals surface area contributed by atoms with Gasteiger partial charge >= 0.3 is 0 Å². The van der Waals surface area contributed by atoms with Gasteiger partial charge < -0.3 is 16.0 Å². The van der Waals surface area contributed by atoms with Crippen LogP contribution in [0, 0.1) is 11.3 Å². The van der Waals surface area contributed by atoms with E-state index < -0.39 is 0 Å². The molecule has 1 saturated heterocycles. The van der Waals surface area contributed by atoms with Gasteiger partial charge in [0.25, 0.3) is 0 Å². The summed E-state index contributed by atoms with van der Waals surface area (Å²) in [6.45, 7) is 9.23. The van der Waals surface area contributed by atoms with E-state index in [1.165, 1.54) is 25.1 Å². The van der Waals surface area contributed by atoms with E-state index in [-0.39, 0.29) is 0 Å². The van der Waals surface area contributed by atoms with Crippen molar-refractivity contribution in [1.29, 1.82) is 0 Å². The molecule has 1 unspecified atom stereocenters. The van der Waals surface area contributed by atoms with Crippen molar-refractivity contribution in [1.82, 2.24) is 10.2 Å². The highest BCUT2D eigenvalue weighted by atomic mass is 15.1. The Labute approximate surface area is 117 Å². The van der Waals surface area contributed by atoms with Gasteiger partial charge in [-0.3, -0.25) is 0 Å². The second-order valence-electron chi connectivity index (χ2n) is 6.58. The lowest BCUT2D eigenvalue weighted by molar-refractivity contribution is 0.206. The number of anilines is 1. The number of benzene rings is 1. The van der Waals surface area contributed by atoms with Crippen molar-refractivity contribution in [3.63, 3.8) is 0 Å². The van der Waals surface area contributed by atoms with Crippen molar-refractivity contribution in [3.8, 4) is 0 Å². The molecule has 0 spiro atoms. The number of likely N-dealkylation sites (tertiary alicyclic amines) is 1. The van der Waals surface area contributed by atoms with E-state index in [2.05, 4.69) is 43.2 Å². The third kappa shape index (κ3) is 3.95. The SMILES string of the molecule is CN1CCC(C(C)(C)CNCc2ccc(N)cc2)C1. The van der Waals surface area contributed by atoms with Gasteiger partial charge in [0.05, 0.1) is 0 Å². The minimum Gasteiger partial charge on any atom is -0.399 e. The number of rotatable bonds is 5. The topological polar surface area (TPSA) is 41.3 Å². The van der Waals surface area contributed by atoms with Crippen LogP contribution in [0.4, 0.5) is 5.69 Å². The van der Waals surface area contributed by atoms with Gasteiger partial charge in [-0.05, 0) is 49.0 Å². The zero-order chi connectivity index (χ0) is 13.9. The molecule has 106 valence electrons. The van der Waals surface area contributed by atoms with Gasteiger partial charge in [0.1, 0.15) is 0 Å². The molecule has 2 rings (SSSR count). The Morgan fingerprint density at radius 3 is 2.58 bits per heavy atom. The minimum absolute atomic E-state index is 0.360. The molecular formula is C16H27N3. The Balaban J connectivity index is 1.79. The highest BCUT2D eigenvalue weighted by Crippen LogP contribution is 2.33. The average molecular weight is 261 g/mol. The second-order valence-corrected chi connectivity index (χ2v) is 6.58. The first-order chi connectivity index (χ1) is 8.97. The molecular weight excluding hydrogens is 234 g/mol. The zero-order valence-corrected chi connectivity index (χ0v) is 12.4. The molecule has 0 aromatic heterocycles. The summed E-state index contributed by atoms with van der Waals surface area (Å²) in [7, 11) is 2.22. The first-order valence-electron chi connectivity index (χ1n) is 7.21. The van der Waals surface area contributed by atoms with Crippen LogP contribution in [0.15, 0.2) is 24.3 Å². The molecule has 0 saturated carbocycles. The Morgan fingerprint density at radius 1 is 1.32 bits per heavy atom. The molecule has 0 aliphatic carbocycles. The van der Waals surface area contributed by atoms with Gasteiger partial charge in [-0.1, -0.05) is 26.0 Å². The number of nitrogens with zero attached hydrogens (tertiary/aromatic N) is 1. The normalized spacial score (nSPS) is 20.9. The molecule has 0 radical (unpaired) electrons. The van der Waals surface area contributed by atoms with Gasteiger partial charge in [0.2, 0.25) is 0 Å². The fourth-order valence-corrected chi connectivity index (χ4v) is 2.88. The molecule has 1 aromatic carbocycles. The monoisotopic (exact) mass is 261 g/mol. The van der Waals surface area contributed by atoms with E-state index in [9.17, 15) is 0 Å². The van der Waals surface area contributed by atoms with Crippen LogP contribution in [0.5, 0.6) is 0 Å². The van der Waals surface area contributed by atoms with Crippen molar-refractivity contribution in [2.75, 3.05) is 32.4 Å². The molecule has 19 heavy (non-hydrogen) atoms. The maximum absolute atomic E-state index is 5.70. The summed E-state index contributed by atoms with van der Waals surface area (Å²) in [6, 6.07) is 8.12. The molecule has 1 heterocycles. The molecule has 3 N–H and O–H groups in total. The van der Waals surface area contributed by atoms with Crippen LogP contribution in [0.1, 0.15) is 25.8 Å². The molecule has 1 aliphatic heterocycles. The average Bonchev–Trinajstić information content (AvgIpc) is 2.79. The van der Waals surface area contributed by atoms with Crippen LogP contribution in [-0.4, -0.2) is 31.6 Å². The van der Waals surface area contributed by atoms with E-state index in [1.54, 1.807) is 0 Å². The number of nitrogen functional groups attached to an aromatic ring is 1. The fourth-order valence-electron chi connectivity index (χ4n) is 2.88. The highest BCUT2D eigenvalue weighted by Gasteiger charge is 2.33. The molecule has 0 bridgehead atoms. The lowest BCUT2D eigenvalue weighted by Crippen LogP contribution is -2.36. The Hall–Kier alpha value is -1.06. The summed E-state index contributed by atoms with van der Waals surface area (Å²) in [5.74, 6) is 0.802. The molecule has 1 aliphatic rings. The van der Waals surface area contributed by atoms with Gasteiger partial charge in [-0.15, -0.1) is 0 Å². The van der Waals surface area contributed by atoms with E-state index >= 15 is 0 Å². The summed E-state index contributed by atoms with van der Waals surface area (Å²) < 4.78 is 0. The van der Waals surface area contributed by atoms with Gasteiger partial charge in [-0.25, -0.2) is 0 Å². The lowest BCUT2D eigenvalue weighted by atomic mass is 9.78. The van der Waals surface area contributed by atoms with Crippen molar-refractivity contribution >= 4 is 5.69 Å². The predicted octanol–water partition coefficient (Wildman–Crippen LogP) is 2.34. The lowest BCUT2D eigenvalue weighted by Gasteiger charge is -2.32. The van der Waals surface area contributed by atoms with Gasteiger partial charge in [0.15, 0.2) is 0 Å². The molecule has 3 heteroatoms. The molecule has 0 amide bonds. The second kappa shape index (κ2) is 5.93. The van der Waals surface area contributed by atoms with Crippen LogP contribution in [0.3, 0.4) is 0 Å². The third-order valence-electron chi connectivity index (χ3n) is 4.39. The first-order valence-corrected chi connectivity index (χ1v) is 7.21. The smallest absolute Gasteiger partial charge is 0.0314 e. The standard InChI is InChI=1S/C16H27N3/c1-16(2,14-8-9-19(3)11-14)12-18-10-13-4-6-15(17)7-5-13/h4-7,14,18H,8-12,17H2,1-3H3. The van der Waals surface area contributed by atoms with Crippen molar-refractivity contribution in [2.45, 2.75) is 26.8 Å². The summed E-state index contributed by atoms with van der Waals surface area (Å²) >= 11 is 0. The highest BCUT2D eigenvalue weighted by molar-refractivity contribution is 5.39. The number of hydrogen-bond acceptors (Lipinski definition) is 3. The van der Waals surface area contributed by atoms with Crippen molar-refractivity contribution in [2.24, 2.45) is 11.3 Å². The number of nitrogens with one attached hydrogen (secondary N) is 1. The van der Waals surface area contributed by atoms with Crippen LogP contribution >= 0.6 is 0 Å². The van der Waals surface area contributed by atoms with Gasteiger partial charge in [0, 0.05) is 25.3 Å². The van der Waals surface area contributed by atoms with Crippen LogP contribution in [0.25, 0.3) is 0 Å². The summed E-state index contributed by atoms with van der Waals surface area (Å²) in [4.78, 5) is 2.44. The summed E-state index contributed by atoms with van der Waals surface area (Å²) in [6.07, 6.45) is 1.33. The Kier molecular flexibility index (Phi) is 4.48.